The summed E-state index contributed by atoms with van der Waals surface area (Å²) in [6, 6.07) is 28.5. The van der Waals surface area contributed by atoms with Crippen molar-refractivity contribution >= 4 is 11.0 Å². The van der Waals surface area contributed by atoms with Crippen LogP contribution in [0.1, 0.15) is 11.1 Å². The normalized spacial score (nSPS) is 10.8. The van der Waals surface area contributed by atoms with Crippen molar-refractivity contribution in [1.29, 1.82) is 0 Å². The van der Waals surface area contributed by atoms with Crippen LogP contribution in [0.4, 0.5) is 0 Å². The first-order valence-corrected chi connectivity index (χ1v) is 10.5. The zero-order valence-electron chi connectivity index (χ0n) is 17.7. The molecule has 0 unspecified atom stereocenters. The van der Waals surface area contributed by atoms with E-state index < -0.39 is 5.63 Å². The van der Waals surface area contributed by atoms with Crippen molar-refractivity contribution < 1.29 is 13.9 Å². The van der Waals surface area contributed by atoms with E-state index in [0.717, 1.165) is 16.5 Å². The van der Waals surface area contributed by atoms with Crippen molar-refractivity contribution in [3.05, 3.63) is 119 Å². The summed E-state index contributed by atoms with van der Waals surface area (Å²) in [5, 5.41) is 0.767. The van der Waals surface area contributed by atoms with Crippen LogP contribution in [0.5, 0.6) is 11.9 Å². The van der Waals surface area contributed by atoms with E-state index in [1.54, 1.807) is 12.3 Å². The Morgan fingerprint density at radius 1 is 0.727 bits per heavy atom. The van der Waals surface area contributed by atoms with Gasteiger partial charge >= 0.3 is 11.6 Å². The smallest absolute Gasteiger partial charge is 0.336 e. The molecule has 0 bridgehead atoms. The number of hydrogen-bond donors (Lipinski definition) is 0. The van der Waals surface area contributed by atoms with Gasteiger partial charge in [0.05, 0.1) is 5.56 Å². The van der Waals surface area contributed by atoms with Gasteiger partial charge in [0, 0.05) is 23.2 Å². The number of aromatic nitrogens is 2. The van der Waals surface area contributed by atoms with E-state index in [1.165, 1.54) is 6.07 Å². The van der Waals surface area contributed by atoms with Gasteiger partial charge in [-0.1, -0.05) is 78.9 Å². The maximum absolute atomic E-state index is 12.2. The molecule has 0 spiro atoms. The summed E-state index contributed by atoms with van der Waals surface area (Å²) in [6.45, 7) is 0.637. The van der Waals surface area contributed by atoms with Crippen LogP contribution in [0.25, 0.3) is 22.1 Å². The lowest BCUT2D eigenvalue weighted by molar-refractivity contribution is 0.259. The van der Waals surface area contributed by atoms with E-state index in [2.05, 4.69) is 9.97 Å². The summed E-state index contributed by atoms with van der Waals surface area (Å²) in [7, 11) is 0. The highest BCUT2D eigenvalue weighted by atomic mass is 16.5. The molecule has 0 aliphatic rings. The van der Waals surface area contributed by atoms with Gasteiger partial charge in [0.2, 0.25) is 5.88 Å². The molecule has 6 nitrogen and oxygen atoms in total. The third-order valence-electron chi connectivity index (χ3n) is 5.10. The minimum Gasteiger partial charge on any atom is -0.472 e. The number of nitrogens with zero attached hydrogens (tertiary/aromatic N) is 2. The molecule has 3 aromatic carbocycles. The van der Waals surface area contributed by atoms with E-state index in [0.29, 0.717) is 35.8 Å². The highest BCUT2D eigenvalue weighted by Crippen LogP contribution is 2.34. The molecule has 0 radical (unpaired) electrons. The molecule has 6 heteroatoms. The molecule has 0 atom stereocenters. The Morgan fingerprint density at radius 3 is 2.09 bits per heavy atom. The second kappa shape index (κ2) is 9.36. The Balaban J connectivity index is 1.53. The molecule has 0 fully saturated rings. The largest absolute Gasteiger partial charge is 0.472 e. The van der Waals surface area contributed by atoms with Crippen LogP contribution < -0.4 is 15.1 Å². The van der Waals surface area contributed by atoms with E-state index >= 15 is 0 Å². The molecule has 5 rings (SSSR count). The van der Waals surface area contributed by atoms with Gasteiger partial charge in [0.15, 0.2) is 0 Å². The van der Waals surface area contributed by atoms with Crippen LogP contribution >= 0.6 is 0 Å². The van der Waals surface area contributed by atoms with Gasteiger partial charge in [-0.25, -0.2) is 9.78 Å². The van der Waals surface area contributed by atoms with Crippen molar-refractivity contribution in [2.24, 2.45) is 0 Å². The van der Waals surface area contributed by atoms with Crippen molar-refractivity contribution in [3.8, 4) is 23.0 Å². The van der Waals surface area contributed by atoms with Gasteiger partial charge in [0.25, 0.3) is 0 Å². The summed E-state index contributed by atoms with van der Waals surface area (Å²) >= 11 is 0. The minimum absolute atomic E-state index is 0.193. The molecule has 0 saturated carbocycles. The van der Waals surface area contributed by atoms with Crippen LogP contribution in [0, 0.1) is 0 Å². The van der Waals surface area contributed by atoms with Gasteiger partial charge in [-0.15, -0.1) is 0 Å². The highest BCUT2D eigenvalue weighted by Gasteiger charge is 2.16. The summed E-state index contributed by atoms with van der Waals surface area (Å²) in [6.07, 6.45) is 1.62. The van der Waals surface area contributed by atoms with Crippen molar-refractivity contribution in [2.45, 2.75) is 13.2 Å². The number of hydrogen-bond acceptors (Lipinski definition) is 6. The number of rotatable bonds is 7. The predicted octanol–water partition coefficient (Wildman–Crippen LogP) is 5.41. The molecule has 5 aromatic rings. The summed E-state index contributed by atoms with van der Waals surface area (Å²) in [5.74, 6) is 0.327. The Bertz CT molecular complexity index is 1430. The van der Waals surface area contributed by atoms with Gasteiger partial charge < -0.3 is 13.9 Å². The van der Waals surface area contributed by atoms with Gasteiger partial charge in [-0.05, 0) is 17.2 Å². The lowest BCUT2D eigenvalue weighted by Crippen LogP contribution is -2.05. The number of benzene rings is 3. The molecule has 0 aliphatic carbocycles. The standard InChI is InChI=1S/C27H20N2O4/c30-25-15-22(21-13-7-8-14-24(21)33-25)23-16-28-27(32-18-20-11-5-2-6-12-20)29-26(23)31-17-19-9-3-1-4-10-19/h1-16H,17-18H2. The van der Waals surface area contributed by atoms with Crippen molar-refractivity contribution in [3.63, 3.8) is 0 Å². The molecule has 33 heavy (non-hydrogen) atoms. The Morgan fingerprint density at radius 2 is 1.36 bits per heavy atom. The van der Waals surface area contributed by atoms with Gasteiger partial charge in [-0.3, -0.25) is 0 Å². The first-order chi connectivity index (χ1) is 16.3. The second-order valence-electron chi connectivity index (χ2n) is 7.40. The lowest BCUT2D eigenvalue weighted by atomic mass is 10.0. The molecule has 0 aliphatic heterocycles. The molecular weight excluding hydrogens is 416 g/mol. The average molecular weight is 436 g/mol. The van der Waals surface area contributed by atoms with E-state index in [1.807, 2.05) is 78.9 Å². The third-order valence-corrected chi connectivity index (χ3v) is 5.10. The van der Waals surface area contributed by atoms with Gasteiger partial charge in [0.1, 0.15) is 18.8 Å². The van der Waals surface area contributed by atoms with E-state index in [9.17, 15) is 4.79 Å². The SMILES string of the molecule is O=c1cc(-c2cnc(OCc3ccccc3)nc2OCc2ccccc2)c2ccccc2o1. The van der Waals surface area contributed by atoms with Crippen LogP contribution in [0.15, 0.2) is 106 Å². The molecule has 162 valence electrons. The van der Waals surface area contributed by atoms with E-state index in [4.69, 9.17) is 13.9 Å². The first-order valence-electron chi connectivity index (χ1n) is 10.5. The summed E-state index contributed by atoms with van der Waals surface area (Å²) < 4.78 is 17.2. The maximum Gasteiger partial charge on any atom is 0.336 e. The quantitative estimate of drug-likeness (QED) is 0.318. The number of fused-ring (bicyclic) bond motifs is 1. The fourth-order valence-corrected chi connectivity index (χ4v) is 3.50. The van der Waals surface area contributed by atoms with Crippen molar-refractivity contribution in [1.82, 2.24) is 9.97 Å². The van der Waals surface area contributed by atoms with Crippen LogP contribution in [-0.4, -0.2) is 9.97 Å². The predicted molar refractivity (Wildman–Crippen MR) is 125 cm³/mol. The minimum atomic E-state index is -0.456. The first kappa shape index (κ1) is 20.5. The van der Waals surface area contributed by atoms with Crippen LogP contribution in [-0.2, 0) is 13.2 Å². The lowest BCUT2D eigenvalue weighted by Gasteiger charge is -2.13. The molecule has 0 saturated heterocycles. The Kier molecular flexibility index (Phi) is 5.80. The zero-order valence-corrected chi connectivity index (χ0v) is 17.7. The molecule has 2 heterocycles. The highest BCUT2D eigenvalue weighted by molar-refractivity contribution is 5.94. The van der Waals surface area contributed by atoms with E-state index in [-0.39, 0.29) is 6.01 Å². The average Bonchev–Trinajstić information content (AvgIpc) is 2.87. The zero-order chi connectivity index (χ0) is 22.5. The molecule has 0 N–H and O–H groups in total. The van der Waals surface area contributed by atoms with Crippen LogP contribution in [0.3, 0.4) is 0 Å². The third kappa shape index (κ3) is 4.75. The number of ether oxygens (including phenoxy) is 2. The topological polar surface area (TPSA) is 74.5 Å². The monoisotopic (exact) mass is 436 g/mol. The number of para-hydroxylation sites is 1. The summed E-state index contributed by atoms with van der Waals surface area (Å²) in [5.41, 5.74) is 3.25. The second-order valence-corrected chi connectivity index (χ2v) is 7.40. The van der Waals surface area contributed by atoms with Gasteiger partial charge in [-0.2, -0.15) is 4.98 Å². The fraction of sp³-hybridized carbons (Fsp3) is 0.0741. The Hall–Kier alpha value is -4.45. The Labute approximate surface area is 190 Å². The molecule has 2 aromatic heterocycles. The summed E-state index contributed by atoms with van der Waals surface area (Å²) in [4.78, 5) is 21.1. The van der Waals surface area contributed by atoms with Crippen LogP contribution in [0.2, 0.25) is 0 Å². The van der Waals surface area contributed by atoms with Crippen molar-refractivity contribution in [2.75, 3.05) is 0 Å². The maximum atomic E-state index is 12.2. The molecule has 0 amide bonds. The fourth-order valence-electron chi connectivity index (χ4n) is 3.50. The molecular formula is C27H20N2O4.